The maximum atomic E-state index is 11.3. The van der Waals surface area contributed by atoms with Crippen molar-refractivity contribution in [1.29, 1.82) is 0 Å². The van der Waals surface area contributed by atoms with Gasteiger partial charge in [-0.3, -0.25) is 4.79 Å². The van der Waals surface area contributed by atoms with Crippen molar-refractivity contribution < 1.29 is 17.9 Å². The number of amides is 1. The first-order valence-corrected chi connectivity index (χ1v) is 6.25. The Hall–Kier alpha value is -0.620. The molecule has 0 aliphatic carbocycles. The second-order valence-electron chi connectivity index (χ2n) is 3.37. The van der Waals surface area contributed by atoms with E-state index < -0.39 is 15.1 Å². The van der Waals surface area contributed by atoms with Gasteiger partial charge < -0.3 is 10.1 Å². The topological polar surface area (TPSA) is 72.5 Å². The SMILES string of the molecule is COCC(=O)NCC1CCCS1(=O)=O. The van der Waals surface area contributed by atoms with E-state index in [1.807, 2.05) is 0 Å². The van der Waals surface area contributed by atoms with Crippen LogP contribution in [-0.4, -0.2) is 45.6 Å². The van der Waals surface area contributed by atoms with Gasteiger partial charge in [-0.2, -0.15) is 0 Å². The van der Waals surface area contributed by atoms with Gasteiger partial charge in [0.05, 0.1) is 11.0 Å². The molecule has 0 aromatic heterocycles. The average molecular weight is 221 g/mol. The normalized spacial score (nSPS) is 24.8. The smallest absolute Gasteiger partial charge is 0.246 e. The summed E-state index contributed by atoms with van der Waals surface area (Å²) in [7, 11) is -1.53. The Kier molecular flexibility index (Phi) is 3.88. The number of carbonyl (C=O) groups excluding carboxylic acids is 1. The molecule has 0 radical (unpaired) electrons. The van der Waals surface area contributed by atoms with Crippen LogP contribution in [0.5, 0.6) is 0 Å². The molecule has 1 amide bonds. The first kappa shape index (κ1) is 11.5. The average Bonchev–Trinajstić information content (AvgIpc) is 2.42. The van der Waals surface area contributed by atoms with Gasteiger partial charge in [-0.25, -0.2) is 8.42 Å². The van der Waals surface area contributed by atoms with Crippen LogP contribution in [0.25, 0.3) is 0 Å². The van der Waals surface area contributed by atoms with Crippen molar-refractivity contribution in [2.45, 2.75) is 18.1 Å². The number of rotatable bonds is 4. The van der Waals surface area contributed by atoms with Gasteiger partial charge in [0, 0.05) is 13.7 Å². The zero-order valence-corrected chi connectivity index (χ0v) is 8.97. The highest BCUT2D eigenvalue weighted by Crippen LogP contribution is 2.18. The molecule has 1 aliphatic rings. The molecule has 1 atom stereocenters. The van der Waals surface area contributed by atoms with Gasteiger partial charge in [0.25, 0.3) is 0 Å². The minimum atomic E-state index is -2.95. The zero-order chi connectivity index (χ0) is 10.6. The molecule has 82 valence electrons. The van der Waals surface area contributed by atoms with Crippen LogP contribution in [0.1, 0.15) is 12.8 Å². The van der Waals surface area contributed by atoms with E-state index in [0.717, 1.165) is 0 Å². The van der Waals surface area contributed by atoms with Gasteiger partial charge in [0.2, 0.25) is 5.91 Å². The lowest BCUT2D eigenvalue weighted by molar-refractivity contribution is -0.124. The minimum absolute atomic E-state index is 0.0211. The maximum Gasteiger partial charge on any atom is 0.246 e. The Labute approximate surface area is 83.7 Å². The van der Waals surface area contributed by atoms with Crippen molar-refractivity contribution in [2.75, 3.05) is 26.0 Å². The fourth-order valence-corrected chi connectivity index (χ4v) is 3.26. The predicted molar refractivity (Wildman–Crippen MR) is 51.7 cm³/mol. The third-order valence-electron chi connectivity index (χ3n) is 2.27. The summed E-state index contributed by atoms with van der Waals surface area (Å²) in [6.07, 6.45) is 1.35. The molecule has 0 aromatic carbocycles. The number of sulfone groups is 1. The molecule has 1 heterocycles. The predicted octanol–water partition coefficient (Wildman–Crippen LogP) is -0.674. The Morgan fingerprint density at radius 3 is 2.79 bits per heavy atom. The van der Waals surface area contributed by atoms with Gasteiger partial charge in [-0.1, -0.05) is 0 Å². The molecule has 6 heteroatoms. The second kappa shape index (κ2) is 4.75. The highest BCUT2D eigenvalue weighted by Gasteiger charge is 2.31. The summed E-state index contributed by atoms with van der Waals surface area (Å²) >= 11 is 0. The molecule has 1 fully saturated rings. The van der Waals surface area contributed by atoms with E-state index in [1.54, 1.807) is 0 Å². The molecule has 1 unspecified atom stereocenters. The number of carbonyl (C=O) groups is 1. The summed E-state index contributed by atoms with van der Waals surface area (Å²) < 4.78 is 27.3. The fraction of sp³-hybridized carbons (Fsp3) is 0.875. The quantitative estimate of drug-likeness (QED) is 0.683. The molecule has 0 spiro atoms. The summed E-state index contributed by atoms with van der Waals surface area (Å²) in [5, 5.41) is 2.14. The Balaban J connectivity index is 2.35. The van der Waals surface area contributed by atoms with Crippen molar-refractivity contribution in [2.24, 2.45) is 0 Å². The second-order valence-corrected chi connectivity index (χ2v) is 5.77. The van der Waals surface area contributed by atoms with Crippen molar-refractivity contribution >= 4 is 15.7 Å². The van der Waals surface area contributed by atoms with Crippen LogP contribution in [0.4, 0.5) is 0 Å². The van der Waals surface area contributed by atoms with Gasteiger partial charge in [0.15, 0.2) is 9.84 Å². The van der Waals surface area contributed by atoms with Gasteiger partial charge >= 0.3 is 0 Å². The largest absolute Gasteiger partial charge is 0.375 e. The van der Waals surface area contributed by atoms with Gasteiger partial charge in [-0.05, 0) is 12.8 Å². The van der Waals surface area contributed by atoms with Crippen LogP contribution in [0.2, 0.25) is 0 Å². The lowest BCUT2D eigenvalue weighted by atomic mass is 10.2. The van der Waals surface area contributed by atoms with E-state index in [0.29, 0.717) is 12.8 Å². The van der Waals surface area contributed by atoms with Crippen LogP contribution in [0, 0.1) is 0 Å². The minimum Gasteiger partial charge on any atom is -0.375 e. The molecule has 5 nitrogen and oxygen atoms in total. The molecular weight excluding hydrogens is 206 g/mol. The lowest BCUT2D eigenvalue weighted by Crippen LogP contribution is -2.36. The summed E-state index contributed by atoms with van der Waals surface area (Å²) in [5.74, 6) is -0.0211. The Morgan fingerprint density at radius 2 is 2.29 bits per heavy atom. The van der Waals surface area contributed by atoms with Gasteiger partial charge in [-0.15, -0.1) is 0 Å². The van der Waals surface area contributed by atoms with Crippen LogP contribution >= 0.6 is 0 Å². The van der Waals surface area contributed by atoms with Crippen molar-refractivity contribution in [3.8, 4) is 0 Å². The van der Waals surface area contributed by atoms with Crippen LogP contribution < -0.4 is 5.32 Å². The molecule has 0 saturated carbocycles. The van der Waals surface area contributed by atoms with Crippen LogP contribution in [-0.2, 0) is 19.4 Å². The summed E-state index contributed by atoms with van der Waals surface area (Å²) in [4.78, 5) is 11.0. The monoisotopic (exact) mass is 221 g/mol. The van der Waals surface area contributed by atoms with Gasteiger partial charge in [0.1, 0.15) is 6.61 Å². The molecule has 0 bridgehead atoms. The van der Waals surface area contributed by atoms with E-state index in [-0.39, 0.29) is 24.8 Å². The third kappa shape index (κ3) is 2.95. The van der Waals surface area contributed by atoms with Crippen molar-refractivity contribution in [3.63, 3.8) is 0 Å². The number of nitrogens with one attached hydrogen (secondary N) is 1. The molecule has 1 saturated heterocycles. The molecule has 1 rings (SSSR count). The molecule has 14 heavy (non-hydrogen) atoms. The number of hydrogen-bond donors (Lipinski definition) is 1. The Bertz CT molecular complexity index is 298. The highest BCUT2D eigenvalue weighted by atomic mass is 32.2. The fourth-order valence-electron chi connectivity index (χ4n) is 1.50. The summed E-state index contributed by atoms with van der Waals surface area (Å²) in [6.45, 7) is 0.192. The van der Waals surface area contributed by atoms with E-state index in [4.69, 9.17) is 0 Å². The van der Waals surface area contributed by atoms with E-state index >= 15 is 0 Å². The van der Waals surface area contributed by atoms with E-state index in [2.05, 4.69) is 10.1 Å². The number of hydrogen-bond acceptors (Lipinski definition) is 4. The number of methoxy groups -OCH3 is 1. The zero-order valence-electron chi connectivity index (χ0n) is 8.15. The third-order valence-corrected chi connectivity index (χ3v) is 4.54. The first-order chi connectivity index (χ1) is 6.56. The molecule has 1 N–H and O–H groups in total. The van der Waals surface area contributed by atoms with E-state index in [1.165, 1.54) is 7.11 Å². The highest BCUT2D eigenvalue weighted by molar-refractivity contribution is 7.92. The van der Waals surface area contributed by atoms with Crippen molar-refractivity contribution in [1.82, 2.24) is 5.32 Å². The Morgan fingerprint density at radius 1 is 1.57 bits per heavy atom. The standard InChI is InChI=1S/C8H15NO4S/c1-13-6-8(10)9-5-7-3-2-4-14(7,11)12/h7H,2-6H2,1H3,(H,9,10). The maximum absolute atomic E-state index is 11.3. The molecule has 1 aliphatic heterocycles. The first-order valence-electron chi connectivity index (χ1n) is 4.53. The van der Waals surface area contributed by atoms with Crippen LogP contribution in [0.3, 0.4) is 0 Å². The molecular formula is C8H15NO4S. The van der Waals surface area contributed by atoms with E-state index in [9.17, 15) is 13.2 Å². The van der Waals surface area contributed by atoms with Crippen LogP contribution in [0.15, 0.2) is 0 Å². The lowest BCUT2D eigenvalue weighted by Gasteiger charge is -2.10. The summed E-state index contributed by atoms with van der Waals surface area (Å²) in [6, 6.07) is 0. The van der Waals surface area contributed by atoms with Crippen molar-refractivity contribution in [3.05, 3.63) is 0 Å². The number of ether oxygens (including phenoxy) is 1. The summed E-state index contributed by atoms with van der Waals surface area (Å²) in [5.41, 5.74) is 0. The molecule has 0 aromatic rings.